The molecule has 1 aliphatic heterocycles. The smallest absolute Gasteiger partial charge is 0.283 e. The van der Waals surface area contributed by atoms with E-state index in [2.05, 4.69) is 5.32 Å². The van der Waals surface area contributed by atoms with Crippen LogP contribution in [0.2, 0.25) is 5.02 Å². The first-order valence-electron chi connectivity index (χ1n) is 8.78. The lowest BCUT2D eigenvalue weighted by molar-refractivity contribution is -0.120. The van der Waals surface area contributed by atoms with Gasteiger partial charge in [0.25, 0.3) is 10.2 Å². The van der Waals surface area contributed by atoms with Crippen molar-refractivity contribution in [3.8, 4) is 0 Å². The summed E-state index contributed by atoms with van der Waals surface area (Å²) in [7, 11) is -1.02. The van der Waals surface area contributed by atoms with E-state index in [1.54, 1.807) is 0 Å². The van der Waals surface area contributed by atoms with E-state index < -0.39 is 34.0 Å². The number of rotatable bonds is 6. The first kappa shape index (κ1) is 24.7. The standard InChI is InChI=1S/C18H21ClFN3O4S2.CH4/c1-22-16(18(24)21-12-5-6-14(20)13(19)10-12)11-15(17-4-3-9-28-17)23(7-8-27-2)29(22,25)26;/h3-6,9-10,15-16H,7-8,11H2,1-2H3,(H,21,24);1H4. The minimum atomic E-state index is -3.90. The minimum Gasteiger partial charge on any atom is -0.383 e. The van der Waals surface area contributed by atoms with Crippen molar-refractivity contribution >= 4 is 44.7 Å². The quantitative estimate of drug-likeness (QED) is 0.687. The molecular weight excluding hydrogens is 453 g/mol. The van der Waals surface area contributed by atoms with Gasteiger partial charge in [0.2, 0.25) is 5.91 Å². The molecular formula is C19H25ClFN3O4S2. The van der Waals surface area contributed by atoms with Gasteiger partial charge < -0.3 is 10.1 Å². The molecule has 0 spiro atoms. The monoisotopic (exact) mass is 477 g/mol. The molecule has 0 bridgehead atoms. The highest BCUT2D eigenvalue weighted by Crippen LogP contribution is 2.38. The fourth-order valence-corrected chi connectivity index (χ4v) is 5.99. The molecule has 1 amide bonds. The second kappa shape index (κ2) is 10.2. The third kappa shape index (κ3) is 5.01. The Kier molecular flexibility index (Phi) is 8.37. The average molecular weight is 478 g/mol. The van der Waals surface area contributed by atoms with E-state index in [-0.39, 0.29) is 32.0 Å². The molecule has 3 rings (SSSR count). The number of likely N-dealkylation sites (N-methyl/N-ethyl adjacent to an activating group) is 1. The summed E-state index contributed by atoms with van der Waals surface area (Å²) in [6.07, 6.45) is 0.265. The number of nitrogens with zero attached hydrogens (tertiary/aromatic N) is 2. The van der Waals surface area contributed by atoms with Crippen LogP contribution in [0.1, 0.15) is 24.8 Å². The number of thiophene rings is 1. The zero-order valence-corrected chi connectivity index (χ0v) is 18.2. The Morgan fingerprint density at radius 2 is 2.13 bits per heavy atom. The van der Waals surface area contributed by atoms with Crippen LogP contribution in [0.5, 0.6) is 0 Å². The molecule has 0 aliphatic carbocycles. The van der Waals surface area contributed by atoms with Gasteiger partial charge in [-0.25, -0.2) is 4.39 Å². The van der Waals surface area contributed by atoms with Gasteiger partial charge in [-0.05, 0) is 36.1 Å². The number of halogens is 2. The molecule has 1 N–H and O–H groups in total. The maximum atomic E-state index is 13.4. The SMILES string of the molecule is C.COCCN1C(c2cccs2)CC(C(=O)Nc2ccc(F)c(Cl)c2)N(C)S1(=O)=O. The maximum Gasteiger partial charge on any atom is 0.283 e. The molecule has 1 saturated heterocycles. The first-order valence-corrected chi connectivity index (χ1v) is 11.4. The number of hydrogen-bond acceptors (Lipinski definition) is 5. The van der Waals surface area contributed by atoms with Crippen molar-refractivity contribution in [1.29, 1.82) is 0 Å². The van der Waals surface area contributed by atoms with E-state index in [1.807, 2.05) is 17.5 Å². The number of nitrogens with one attached hydrogen (secondary N) is 1. The molecule has 2 unspecified atom stereocenters. The maximum absolute atomic E-state index is 13.4. The van der Waals surface area contributed by atoms with Gasteiger partial charge in [0.05, 0.1) is 17.7 Å². The van der Waals surface area contributed by atoms with Gasteiger partial charge in [-0.15, -0.1) is 11.3 Å². The van der Waals surface area contributed by atoms with Crippen molar-refractivity contribution in [3.05, 3.63) is 51.4 Å². The van der Waals surface area contributed by atoms with Crippen molar-refractivity contribution in [2.75, 3.05) is 32.6 Å². The van der Waals surface area contributed by atoms with Crippen LogP contribution >= 0.6 is 22.9 Å². The molecule has 2 heterocycles. The van der Waals surface area contributed by atoms with Crippen LogP contribution in [-0.2, 0) is 19.7 Å². The number of ether oxygens (including phenoxy) is 1. The summed E-state index contributed by atoms with van der Waals surface area (Å²) in [5, 5.41) is 4.37. The van der Waals surface area contributed by atoms with Crippen molar-refractivity contribution in [2.45, 2.75) is 25.9 Å². The van der Waals surface area contributed by atoms with Gasteiger partial charge in [-0.2, -0.15) is 17.0 Å². The summed E-state index contributed by atoms with van der Waals surface area (Å²) in [6.45, 7) is 0.410. The fourth-order valence-electron chi connectivity index (χ4n) is 3.23. The number of methoxy groups -OCH3 is 1. The number of hydrogen-bond donors (Lipinski definition) is 1. The van der Waals surface area contributed by atoms with E-state index in [9.17, 15) is 17.6 Å². The highest BCUT2D eigenvalue weighted by Gasteiger charge is 2.46. The average Bonchev–Trinajstić information content (AvgIpc) is 3.20. The number of carbonyl (C=O) groups is 1. The molecule has 1 fully saturated rings. The second-order valence-electron chi connectivity index (χ2n) is 6.53. The number of amides is 1. The van der Waals surface area contributed by atoms with Crippen LogP contribution in [0.3, 0.4) is 0 Å². The van der Waals surface area contributed by atoms with Gasteiger partial charge in [0, 0.05) is 31.3 Å². The van der Waals surface area contributed by atoms with Crippen LogP contribution in [0.15, 0.2) is 35.7 Å². The molecule has 1 aliphatic rings. The summed E-state index contributed by atoms with van der Waals surface area (Å²) < 4.78 is 47.1. The molecule has 0 saturated carbocycles. The third-order valence-corrected chi connectivity index (χ3v) is 8.05. The fraction of sp³-hybridized carbons (Fsp3) is 0.421. The van der Waals surface area contributed by atoms with E-state index in [0.717, 1.165) is 15.2 Å². The number of anilines is 1. The van der Waals surface area contributed by atoms with E-state index in [1.165, 1.54) is 41.9 Å². The van der Waals surface area contributed by atoms with Gasteiger partial charge in [-0.1, -0.05) is 25.1 Å². The van der Waals surface area contributed by atoms with Crippen LogP contribution in [0.25, 0.3) is 0 Å². The Hall–Kier alpha value is -1.56. The molecule has 2 aromatic rings. The normalized spacial score (nSPS) is 21.7. The Morgan fingerprint density at radius 1 is 1.40 bits per heavy atom. The predicted molar refractivity (Wildman–Crippen MR) is 118 cm³/mol. The predicted octanol–water partition coefficient (Wildman–Crippen LogP) is 3.75. The molecule has 166 valence electrons. The van der Waals surface area contributed by atoms with Gasteiger partial charge >= 0.3 is 0 Å². The summed E-state index contributed by atoms with van der Waals surface area (Å²) >= 11 is 7.20. The number of carbonyl (C=O) groups excluding carboxylic acids is 1. The Balaban J connectivity index is 0.00000320. The Morgan fingerprint density at radius 3 is 2.73 bits per heavy atom. The molecule has 2 atom stereocenters. The third-order valence-electron chi connectivity index (χ3n) is 4.77. The lowest BCUT2D eigenvalue weighted by Gasteiger charge is -2.42. The second-order valence-corrected chi connectivity index (χ2v) is 9.86. The van der Waals surface area contributed by atoms with Crippen LogP contribution in [0.4, 0.5) is 10.1 Å². The highest BCUT2D eigenvalue weighted by atomic mass is 35.5. The number of benzene rings is 1. The van der Waals surface area contributed by atoms with Gasteiger partial charge in [0.15, 0.2) is 0 Å². The van der Waals surface area contributed by atoms with Crippen molar-refractivity contribution in [2.24, 2.45) is 0 Å². The molecule has 0 radical (unpaired) electrons. The first-order chi connectivity index (χ1) is 13.8. The summed E-state index contributed by atoms with van der Waals surface area (Å²) in [5.74, 6) is -1.11. The summed E-state index contributed by atoms with van der Waals surface area (Å²) in [6, 6.07) is 6.07. The largest absolute Gasteiger partial charge is 0.383 e. The van der Waals surface area contributed by atoms with E-state index >= 15 is 0 Å². The summed E-state index contributed by atoms with van der Waals surface area (Å²) in [5.41, 5.74) is 0.293. The molecule has 1 aromatic heterocycles. The topological polar surface area (TPSA) is 79.0 Å². The van der Waals surface area contributed by atoms with E-state index in [0.29, 0.717) is 5.69 Å². The van der Waals surface area contributed by atoms with Crippen LogP contribution in [-0.4, -0.2) is 56.3 Å². The lowest BCUT2D eigenvalue weighted by Crippen LogP contribution is -2.57. The van der Waals surface area contributed by atoms with E-state index in [4.69, 9.17) is 16.3 Å². The zero-order chi connectivity index (χ0) is 21.2. The van der Waals surface area contributed by atoms with Crippen LogP contribution in [0, 0.1) is 5.82 Å². The minimum absolute atomic E-state index is 0. The molecule has 30 heavy (non-hydrogen) atoms. The molecule has 11 heteroatoms. The highest BCUT2D eigenvalue weighted by molar-refractivity contribution is 7.86. The van der Waals surface area contributed by atoms with Gasteiger partial charge in [-0.3, -0.25) is 4.79 Å². The zero-order valence-electron chi connectivity index (χ0n) is 15.8. The summed E-state index contributed by atoms with van der Waals surface area (Å²) in [4.78, 5) is 13.8. The van der Waals surface area contributed by atoms with Crippen molar-refractivity contribution in [1.82, 2.24) is 8.61 Å². The Bertz CT molecular complexity index is 972. The van der Waals surface area contributed by atoms with Crippen molar-refractivity contribution in [3.63, 3.8) is 0 Å². The Labute approximate surface area is 185 Å². The van der Waals surface area contributed by atoms with Gasteiger partial charge in [0.1, 0.15) is 11.9 Å². The molecule has 7 nitrogen and oxygen atoms in total. The molecule has 1 aromatic carbocycles. The van der Waals surface area contributed by atoms with Crippen molar-refractivity contribution < 1.29 is 22.3 Å². The lowest BCUT2D eigenvalue weighted by atomic mass is 10.0. The van der Waals surface area contributed by atoms with Crippen LogP contribution < -0.4 is 5.32 Å².